The van der Waals surface area contributed by atoms with Crippen LogP contribution in [-0.4, -0.2) is 95.6 Å². The lowest BCUT2D eigenvalue weighted by atomic mass is 10.1. The van der Waals surface area contributed by atoms with Gasteiger partial charge >= 0.3 is 66.9 Å². The number of alkyl halides is 14. The van der Waals surface area contributed by atoms with E-state index >= 15 is 0 Å². The van der Waals surface area contributed by atoms with E-state index in [2.05, 4.69) is 23.2 Å². The Labute approximate surface area is 392 Å². The molecule has 0 aliphatic rings. The van der Waals surface area contributed by atoms with Crippen LogP contribution < -0.4 is 15.0 Å². The molecule has 30 heteroatoms. The van der Waals surface area contributed by atoms with E-state index in [0.717, 1.165) is 29.7 Å². The van der Waals surface area contributed by atoms with E-state index in [1.807, 2.05) is 0 Å². The summed E-state index contributed by atoms with van der Waals surface area (Å²) in [6.45, 7) is -3.43. The number of ether oxygens (including phenoxy) is 4. The zero-order valence-electron chi connectivity index (χ0n) is 35.4. The molecule has 0 amide bonds. The topological polar surface area (TPSA) is 182 Å². The van der Waals surface area contributed by atoms with Crippen LogP contribution in [0, 0.1) is 0 Å². The van der Waals surface area contributed by atoms with Gasteiger partial charge in [0.2, 0.25) is 0 Å². The number of halogens is 14. The summed E-state index contributed by atoms with van der Waals surface area (Å²) in [6.07, 6.45) is -15.4. The Kier molecular flexibility index (Phi) is 18.5. The number of rotatable bonds is 25. The standard InChI is InChI=1S/C41H34F14N2O12S2/c42-36(43,20-24-66-34(58)28-8-3-1-4-9-28)40(52,53)70(60,61)68-56-32(38(46,47)48)26-12-16-30(17-13-26)64-22-7-23-65-31-18-14-27(15-19-31)33(39(49,50)51)57-69-71(62,63)41(54,55)37(44,45)21-25-67-35(59)29-10-5-2-6-11-29/h1-6,8-19,32,56H,7,20-25H2. The van der Waals surface area contributed by atoms with Gasteiger partial charge < -0.3 is 18.9 Å². The molecule has 4 aromatic rings. The lowest BCUT2D eigenvalue weighted by Gasteiger charge is -2.27. The fourth-order valence-corrected chi connectivity index (χ4v) is 6.84. The summed E-state index contributed by atoms with van der Waals surface area (Å²) in [5.74, 6) is -13.9. The zero-order chi connectivity index (χ0) is 53.1. The first-order chi connectivity index (χ1) is 32.8. The minimum absolute atomic E-state index is 0.0501. The highest BCUT2D eigenvalue weighted by Gasteiger charge is 2.68. The van der Waals surface area contributed by atoms with Crippen LogP contribution in [0.3, 0.4) is 0 Å². The summed E-state index contributed by atoms with van der Waals surface area (Å²) >= 11 is 0. The molecule has 0 saturated heterocycles. The monoisotopic (exact) mass is 1080 g/mol. The second kappa shape index (κ2) is 22.9. The molecule has 71 heavy (non-hydrogen) atoms. The maximum atomic E-state index is 14.5. The van der Waals surface area contributed by atoms with Gasteiger partial charge in [-0.05, 0) is 66.2 Å². The lowest BCUT2D eigenvalue weighted by Crippen LogP contribution is -2.50. The molecule has 0 fully saturated rings. The van der Waals surface area contributed by atoms with Crippen molar-refractivity contribution in [3.8, 4) is 11.5 Å². The number of carbonyl (C=O) groups excluding carboxylic acids is 2. The van der Waals surface area contributed by atoms with Crippen molar-refractivity contribution in [3.05, 3.63) is 131 Å². The Morgan fingerprint density at radius 2 is 0.930 bits per heavy atom. The number of hydroxylamine groups is 1. The normalized spacial score (nSPS) is 13.8. The van der Waals surface area contributed by atoms with Gasteiger partial charge in [-0.15, -0.1) is 0 Å². The van der Waals surface area contributed by atoms with Gasteiger partial charge in [0.15, 0.2) is 11.8 Å². The van der Waals surface area contributed by atoms with Crippen LogP contribution in [0.25, 0.3) is 0 Å². The number of nitrogens with one attached hydrogen (secondary N) is 1. The van der Waals surface area contributed by atoms with Crippen molar-refractivity contribution in [2.24, 2.45) is 5.16 Å². The lowest BCUT2D eigenvalue weighted by molar-refractivity contribution is -0.184. The van der Waals surface area contributed by atoms with Gasteiger partial charge in [0, 0.05) is 12.0 Å². The third-order valence-electron chi connectivity index (χ3n) is 9.06. The Balaban J connectivity index is 1.28. The number of hydrogen-bond donors (Lipinski definition) is 1. The Morgan fingerprint density at radius 3 is 1.34 bits per heavy atom. The van der Waals surface area contributed by atoms with Crippen molar-refractivity contribution in [1.29, 1.82) is 0 Å². The quantitative estimate of drug-likeness (QED) is 0.0218. The number of nitrogens with zero attached hydrogens (tertiary/aromatic N) is 1. The first-order valence-corrected chi connectivity index (χ1v) is 22.4. The van der Waals surface area contributed by atoms with Crippen LogP contribution in [0.15, 0.2) is 114 Å². The van der Waals surface area contributed by atoms with Gasteiger partial charge in [-0.1, -0.05) is 53.7 Å². The van der Waals surface area contributed by atoms with E-state index in [4.69, 9.17) is 9.47 Å². The van der Waals surface area contributed by atoms with Gasteiger partial charge in [-0.2, -0.15) is 88.1 Å². The van der Waals surface area contributed by atoms with Crippen LogP contribution in [0.4, 0.5) is 61.5 Å². The predicted octanol–water partition coefficient (Wildman–Crippen LogP) is 9.55. The average molecular weight is 1080 g/mol. The minimum atomic E-state index is -6.94. The molecular weight excluding hydrogens is 1040 g/mol. The van der Waals surface area contributed by atoms with Crippen LogP contribution in [0.2, 0.25) is 0 Å². The molecule has 0 bridgehead atoms. The fourth-order valence-electron chi connectivity index (χ4n) is 5.31. The van der Waals surface area contributed by atoms with E-state index in [0.29, 0.717) is 24.3 Å². The van der Waals surface area contributed by atoms with E-state index in [1.54, 1.807) is 0 Å². The van der Waals surface area contributed by atoms with Crippen molar-refractivity contribution in [2.45, 2.75) is 60.0 Å². The van der Waals surface area contributed by atoms with E-state index in [1.165, 1.54) is 60.7 Å². The average Bonchev–Trinajstić information content (AvgIpc) is 3.29. The highest BCUT2D eigenvalue weighted by Crippen LogP contribution is 2.44. The SMILES string of the molecule is O=C(OCCC(F)(F)C(F)(F)S(=O)(=O)ON=C(c1ccc(OCCCOc2ccc(C(NOS(=O)(=O)C(F)(F)C(F)(F)CCOC(=O)c3ccccc3)C(F)(F)F)cc2)cc1)C(F)(F)F)c1ccccc1. The third-order valence-corrected chi connectivity index (χ3v) is 11.5. The smallest absolute Gasteiger partial charge is 0.444 e. The summed E-state index contributed by atoms with van der Waals surface area (Å²) < 4.78 is 273. The van der Waals surface area contributed by atoms with Crippen LogP contribution >= 0.6 is 0 Å². The van der Waals surface area contributed by atoms with Crippen LogP contribution in [0.5, 0.6) is 11.5 Å². The van der Waals surface area contributed by atoms with Crippen LogP contribution in [-0.2, 0) is 38.3 Å². The van der Waals surface area contributed by atoms with Crippen molar-refractivity contribution >= 4 is 37.9 Å². The molecular formula is C41H34F14N2O12S2. The molecule has 4 rings (SSSR count). The zero-order valence-corrected chi connectivity index (χ0v) is 37.0. The molecule has 0 aliphatic carbocycles. The van der Waals surface area contributed by atoms with E-state index in [9.17, 15) is 87.9 Å². The summed E-state index contributed by atoms with van der Waals surface area (Å²) in [6, 6.07) is 15.9. The first-order valence-electron chi connectivity index (χ1n) is 19.6. The number of oxime groups is 1. The second-order valence-electron chi connectivity index (χ2n) is 14.2. The van der Waals surface area contributed by atoms with Gasteiger partial charge in [0.05, 0.1) is 50.4 Å². The van der Waals surface area contributed by atoms with Crippen molar-refractivity contribution in [1.82, 2.24) is 5.48 Å². The molecule has 390 valence electrons. The largest absolute Gasteiger partial charge is 0.493 e. The van der Waals surface area contributed by atoms with Gasteiger partial charge in [-0.25, -0.2) is 9.59 Å². The van der Waals surface area contributed by atoms with E-state index in [-0.39, 0.29) is 42.3 Å². The molecule has 14 nitrogen and oxygen atoms in total. The first kappa shape index (κ1) is 57.3. The molecule has 0 saturated carbocycles. The highest BCUT2D eigenvalue weighted by molar-refractivity contribution is 7.88. The summed E-state index contributed by atoms with van der Waals surface area (Å²) in [5.41, 5.74) is -3.71. The number of esters is 2. The predicted molar refractivity (Wildman–Crippen MR) is 215 cm³/mol. The maximum Gasteiger partial charge on any atom is 0.444 e. The molecule has 4 aromatic carbocycles. The molecule has 0 radical (unpaired) electrons. The van der Waals surface area contributed by atoms with Gasteiger partial charge in [0.1, 0.15) is 11.5 Å². The summed E-state index contributed by atoms with van der Waals surface area (Å²) in [5, 5.41) is -10.2. The number of benzene rings is 4. The van der Waals surface area contributed by atoms with Crippen molar-refractivity contribution in [3.63, 3.8) is 0 Å². The summed E-state index contributed by atoms with van der Waals surface area (Å²) in [4.78, 5) is 23.8. The third kappa shape index (κ3) is 14.9. The molecule has 0 heterocycles. The van der Waals surface area contributed by atoms with Crippen LogP contribution in [0.1, 0.15) is 57.1 Å². The maximum absolute atomic E-state index is 14.5. The Bertz CT molecular complexity index is 2660. The molecule has 1 unspecified atom stereocenters. The molecule has 0 aliphatic heterocycles. The highest BCUT2D eigenvalue weighted by atomic mass is 32.2. The summed E-state index contributed by atoms with van der Waals surface area (Å²) in [7, 11) is -13.8. The van der Waals surface area contributed by atoms with Gasteiger partial charge in [0.25, 0.3) is 0 Å². The van der Waals surface area contributed by atoms with Crippen molar-refractivity contribution in [2.75, 3.05) is 26.4 Å². The number of hydrogen-bond acceptors (Lipinski definition) is 14. The number of carbonyl (C=O) groups is 2. The second-order valence-corrected chi connectivity index (χ2v) is 17.3. The Hall–Kier alpha value is -6.27. The molecule has 1 N–H and O–H groups in total. The van der Waals surface area contributed by atoms with E-state index < -0.39 is 116 Å². The molecule has 1 atom stereocenters. The minimum Gasteiger partial charge on any atom is -0.493 e. The van der Waals surface area contributed by atoms with Crippen molar-refractivity contribution < 1.29 is 115 Å². The molecule has 0 aromatic heterocycles. The van der Waals surface area contributed by atoms with Gasteiger partial charge in [-0.3, -0.25) is 4.28 Å². The molecule has 0 spiro atoms. The Morgan fingerprint density at radius 1 is 0.521 bits per heavy atom. The fraction of sp³-hybridized carbons (Fsp3) is 0.341.